The first-order valence-electron chi connectivity index (χ1n) is 9.24. The molecule has 2 aromatic rings. The molecule has 0 spiro atoms. The Labute approximate surface area is 158 Å². The maximum Gasteiger partial charge on any atom is 0.306 e. The first-order valence-corrected chi connectivity index (χ1v) is 9.24. The van der Waals surface area contributed by atoms with E-state index in [-0.39, 0.29) is 24.3 Å². The number of aromatic nitrogens is 1. The Morgan fingerprint density at radius 3 is 2.56 bits per heavy atom. The van der Waals surface area contributed by atoms with Crippen LogP contribution in [0.1, 0.15) is 19.3 Å². The van der Waals surface area contributed by atoms with E-state index in [9.17, 15) is 14.4 Å². The summed E-state index contributed by atoms with van der Waals surface area (Å²) in [4.78, 5) is 38.9. The number of amides is 2. The first kappa shape index (κ1) is 18.9. The molecule has 2 amide bonds. The third-order valence-electron chi connectivity index (χ3n) is 5.24. The predicted octanol–water partition coefficient (Wildman–Crippen LogP) is 1.81. The number of carboxylic acid groups (broad SMARTS) is 1. The second kappa shape index (κ2) is 8.24. The molecule has 1 aromatic heterocycles. The number of carboxylic acids is 1. The van der Waals surface area contributed by atoms with Crippen molar-refractivity contribution in [2.75, 3.05) is 26.7 Å². The van der Waals surface area contributed by atoms with Gasteiger partial charge in [0.1, 0.15) is 0 Å². The number of nitrogens with zero attached hydrogens (tertiary/aromatic N) is 3. The van der Waals surface area contributed by atoms with Crippen LogP contribution in [-0.2, 0) is 20.9 Å². The van der Waals surface area contributed by atoms with Crippen LogP contribution in [0.3, 0.4) is 0 Å². The van der Waals surface area contributed by atoms with E-state index in [0.717, 1.165) is 10.9 Å². The maximum absolute atomic E-state index is 12.4. The number of fused-ring (bicyclic) bond motifs is 1. The molecule has 1 saturated heterocycles. The lowest BCUT2D eigenvalue weighted by molar-refractivity contribution is -0.146. The van der Waals surface area contributed by atoms with Gasteiger partial charge in [0.25, 0.3) is 0 Å². The van der Waals surface area contributed by atoms with E-state index in [1.165, 1.54) is 4.90 Å². The molecule has 0 atom stereocenters. The second-order valence-electron chi connectivity index (χ2n) is 7.06. The molecular formula is C20H25N3O4. The zero-order valence-electron chi connectivity index (χ0n) is 15.5. The number of para-hydroxylation sites is 1. The lowest BCUT2D eigenvalue weighted by atomic mass is 9.97. The minimum atomic E-state index is -0.799. The van der Waals surface area contributed by atoms with Crippen molar-refractivity contribution in [3.8, 4) is 0 Å². The highest BCUT2D eigenvalue weighted by Gasteiger charge is 2.27. The van der Waals surface area contributed by atoms with Gasteiger partial charge in [-0.25, -0.2) is 0 Å². The Kier molecular flexibility index (Phi) is 5.78. The summed E-state index contributed by atoms with van der Waals surface area (Å²) in [6, 6.07) is 10.0. The standard InChI is InChI=1S/C20H25N3O4/c1-21(14-19(25)23-11-7-16(8-12-23)20(26)27)18(24)9-13-22-10-6-15-4-2-3-5-17(15)22/h2-6,10,16H,7-9,11-14H2,1H3,(H,26,27). The summed E-state index contributed by atoms with van der Waals surface area (Å²) in [6.45, 7) is 1.47. The summed E-state index contributed by atoms with van der Waals surface area (Å²) in [7, 11) is 1.64. The molecule has 0 radical (unpaired) electrons. The van der Waals surface area contributed by atoms with Crippen LogP contribution in [0.4, 0.5) is 0 Å². The van der Waals surface area contributed by atoms with Crippen molar-refractivity contribution in [1.82, 2.24) is 14.4 Å². The van der Waals surface area contributed by atoms with Crippen LogP contribution in [0.15, 0.2) is 36.5 Å². The van der Waals surface area contributed by atoms with Gasteiger partial charge in [0.2, 0.25) is 11.8 Å². The largest absolute Gasteiger partial charge is 0.481 e. The SMILES string of the molecule is CN(CC(=O)N1CCC(C(=O)O)CC1)C(=O)CCn1ccc2ccccc21. The molecule has 0 bridgehead atoms. The minimum absolute atomic E-state index is 0.0308. The zero-order chi connectivity index (χ0) is 19.4. The summed E-state index contributed by atoms with van der Waals surface area (Å²) in [6.07, 6.45) is 3.23. The minimum Gasteiger partial charge on any atom is -0.481 e. The van der Waals surface area contributed by atoms with Crippen molar-refractivity contribution in [2.24, 2.45) is 5.92 Å². The number of carbonyl (C=O) groups excluding carboxylic acids is 2. The van der Waals surface area contributed by atoms with Gasteiger partial charge in [0.05, 0.1) is 12.5 Å². The van der Waals surface area contributed by atoms with E-state index in [2.05, 4.69) is 0 Å². The second-order valence-corrected chi connectivity index (χ2v) is 7.06. The van der Waals surface area contributed by atoms with Crippen LogP contribution in [0.2, 0.25) is 0 Å². The fourth-order valence-corrected chi connectivity index (χ4v) is 3.51. The smallest absolute Gasteiger partial charge is 0.306 e. The summed E-state index contributed by atoms with van der Waals surface area (Å²) >= 11 is 0. The van der Waals surface area contributed by atoms with Gasteiger partial charge < -0.3 is 19.5 Å². The molecule has 1 fully saturated rings. The van der Waals surface area contributed by atoms with E-state index in [1.54, 1.807) is 11.9 Å². The highest BCUT2D eigenvalue weighted by atomic mass is 16.4. The lowest BCUT2D eigenvalue weighted by Gasteiger charge is -2.31. The normalized spacial score (nSPS) is 15.1. The number of hydrogen-bond acceptors (Lipinski definition) is 3. The Bertz CT molecular complexity index is 837. The van der Waals surface area contributed by atoms with E-state index < -0.39 is 5.97 Å². The van der Waals surface area contributed by atoms with Crippen LogP contribution in [0.5, 0.6) is 0 Å². The average Bonchev–Trinajstić information content (AvgIpc) is 3.09. The van der Waals surface area contributed by atoms with E-state index in [4.69, 9.17) is 5.11 Å². The molecule has 7 nitrogen and oxygen atoms in total. The molecular weight excluding hydrogens is 346 g/mol. The summed E-state index contributed by atoms with van der Waals surface area (Å²) in [5.74, 6) is -1.38. The monoisotopic (exact) mass is 371 g/mol. The Balaban J connectivity index is 1.47. The molecule has 1 N–H and O–H groups in total. The average molecular weight is 371 g/mol. The summed E-state index contributed by atoms with van der Waals surface area (Å²) < 4.78 is 2.04. The molecule has 7 heteroatoms. The van der Waals surface area contributed by atoms with Crippen molar-refractivity contribution >= 4 is 28.7 Å². The highest BCUT2D eigenvalue weighted by molar-refractivity contribution is 5.85. The topological polar surface area (TPSA) is 82.9 Å². The molecule has 2 heterocycles. The highest BCUT2D eigenvalue weighted by Crippen LogP contribution is 2.18. The van der Waals surface area contributed by atoms with E-state index in [1.807, 2.05) is 41.1 Å². The Morgan fingerprint density at radius 2 is 1.85 bits per heavy atom. The maximum atomic E-state index is 12.4. The molecule has 3 rings (SSSR count). The number of benzene rings is 1. The van der Waals surface area contributed by atoms with Crippen molar-refractivity contribution in [3.63, 3.8) is 0 Å². The number of hydrogen-bond donors (Lipinski definition) is 1. The summed E-state index contributed by atoms with van der Waals surface area (Å²) in [5.41, 5.74) is 1.09. The van der Waals surface area contributed by atoms with Crippen molar-refractivity contribution in [2.45, 2.75) is 25.8 Å². The van der Waals surface area contributed by atoms with Crippen LogP contribution in [-0.4, -0.2) is 63.9 Å². The molecule has 1 aliphatic heterocycles. The molecule has 1 aliphatic rings. The Hall–Kier alpha value is -2.83. The zero-order valence-corrected chi connectivity index (χ0v) is 15.5. The predicted molar refractivity (Wildman–Crippen MR) is 101 cm³/mol. The third-order valence-corrected chi connectivity index (χ3v) is 5.24. The van der Waals surface area contributed by atoms with Crippen molar-refractivity contribution < 1.29 is 19.5 Å². The van der Waals surface area contributed by atoms with Gasteiger partial charge in [-0.15, -0.1) is 0 Å². The number of aryl methyl sites for hydroxylation is 1. The molecule has 0 unspecified atom stereocenters. The third kappa shape index (κ3) is 4.48. The number of likely N-dealkylation sites (tertiary alicyclic amines) is 1. The van der Waals surface area contributed by atoms with E-state index in [0.29, 0.717) is 38.9 Å². The van der Waals surface area contributed by atoms with Crippen LogP contribution in [0, 0.1) is 5.92 Å². The molecule has 144 valence electrons. The van der Waals surface area contributed by atoms with Gasteiger partial charge in [-0.3, -0.25) is 14.4 Å². The van der Waals surface area contributed by atoms with Crippen LogP contribution in [0.25, 0.3) is 10.9 Å². The molecule has 0 saturated carbocycles. The Morgan fingerprint density at radius 1 is 1.15 bits per heavy atom. The van der Waals surface area contributed by atoms with Gasteiger partial charge in [-0.1, -0.05) is 18.2 Å². The fourth-order valence-electron chi connectivity index (χ4n) is 3.51. The van der Waals surface area contributed by atoms with Crippen molar-refractivity contribution in [1.29, 1.82) is 0 Å². The number of piperidine rings is 1. The lowest BCUT2D eigenvalue weighted by Crippen LogP contribution is -2.45. The molecule has 1 aromatic carbocycles. The quantitative estimate of drug-likeness (QED) is 0.840. The van der Waals surface area contributed by atoms with E-state index >= 15 is 0 Å². The molecule has 0 aliphatic carbocycles. The van der Waals surface area contributed by atoms with Crippen LogP contribution >= 0.6 is 0 Å². The number of aliphatic carboxylic acids is 1. The fraction of sp³-hybridized carbons (Fsp3) is 0.450. The van der Waals surface area contributed by atoms with Crippen LogP contribution < -0.4 is 0 Å². The van der Waals surface area contributed by atoms with Crippen molar-refractivity contribution in [3.05, 3.63) is 36.5 Å². The van der Waals surface area contributed by atoms with Gasteiger partial charge in [0.15, 0.2) is 0 Å². The molecule has 27 heavy (non-hydrogen) atoms. The van der Waals surface area contributed by atoms with Gasteiger partial charge in [-0.2, -0.15) is 0 Å². The number of rotatable bonds is 6. The number of likely N-dealkylation sites (N-methyl/N-ethyl adjacent to an activating group) is 1. The van der Waals surface area contributed by atoms with Gasteiger partial charge in [-0.05, 0) is 30.4 Å². The van der Waals surface area contributed by atoms with Gasteiger partial charge in [0, 0.05) is 44.8 Å². The first-order chi connectivity index (χ1) is 13.0. The number of carbonyl (C=O) groups is 3. The summed E-state index contributed by atoms with van der Waals surface area (Å²) in [5, 5.41) is 10.2. The van der Waals surface area contributed by atoms with Gasteiger partial charge >= 0.3 is 5.97 Å².